The number of nitrogens with one attached hydrogen (secondary N) is 2. The Kier molecular flexibility index (Phi) is 7.67. The fraction of sp³-hybridized carbons (Fsp3) is 0.455. The standard InChI is InChI=1S/C22H31N5O/c1-23-22(25-14-4-5-18-7-9-21(28)10-8-18)26-19-11-15-27(16-12-19)17-20-6-2-3-13-24-20/h2-3,6-10,13,19,28H,4-5,11-12,14-17H2,1H3,(H2,23,25,26). The van der Waals surface area contributed by atoms with Crippen molar-refractivity contribution in [1.29, 1.82) is 0 Å². The van der Waals surface area contributed by atoms with Gasteiger partial charge in [-0.05, 0) is 55.5 Å². The maximum absolute atomic E-state index is 9.34. The van der Waals surface area contributed by atoms with Gasteiger partial charge in [0.1, 0.15) is 5.75 Å². The van der Waals surface area contributed by atoms with Gasteiger partial charge in [0.2, 0.25) is 0 Å². The van der Waals surface area contributed by atoms with Crippen molar-refractivity contribution in [2.75, 3.05) is 26.7 Å². The summed E-state index contributed by atoms with van der Waals surface area (Å²) < 4.78 is 0. The van der Waals surface area contributed by atoms with E-state index in [1.165, 1.54) is 5.56 Å². The molecule has 1 aromatic carbocycles. The molecule has 1 fully saturated rings. The normalized spacial score (nSPS) is 16.1. The van der Waals surface area contributed by atoms with Gasteiger partial charge in [-0.25, -0.2) is 0 Å². The lowest BCUT2D eigenvalue weighted by Crippen LogP contribution is -2.48. The first-order chi connectivity index (χ1) is 13.7. The molecule has 28 heavy (non-hydrogen) atoms. The van der Waals surface area contributed by atoms with Crippen LogP contribution in [0.25, 0.3) is 0 Å². The molecule has 0 spiro atoms. The number of hydrogen-bond donors (Lipinski definition) is 3. The number of piperidine rings is 1. The topological polar surface area (TPSA) is 72.8 Å². The summed E-state index contributed by atoms with van der Waals surface area (Å²) in [7, 11) is 1.82. The molecule has 150 valence electrons. The maximum atomic E-state index is 9.34. The summed E-state index contributed by atoms with van der Waals surface area (Å²) in [5, 5.41) is 16.3. The molecule has 2 aromatic rings. The van der Waals surface area contributed by atoms with Crippen LogP contribution in [0.4, 0.5) is 0 Å². The Bertz CT molecular complexity index is 724. The van der Waals surface area contributed by atoms with Crippen LogP contribution in [0.3, 0.4) is 0 Å². The number of hydrogen-bond acceptors (Lipinski definition) is 4. The molecule has 2 heterocycles. The molecule has 1 aromatic heterocycles. The van der Waals surface area contributed by atoms with Gasteiger partial charge < -0.3 is 15.7 Å². The largest absolute Gasteiger partial charge is 0.508 e. The van der Waals surface area contributed by atoms with E-state index in [0.717, 1.165) is 63.5 Å². The Morgan fingerprint density at radius 2 is 1.96 bits per heavy atom. The first-order valence-corrected chi connectivity index (χ1v) is 10.1. The predicted octanol–water partition coefficient (Wildman–Crippen LogP) is 2.55. The molecule has 0 saturated carbocycles. The average Bonchev–Trinajstić information content (AvgIpc) is 2.73. The van der Waals surface area contributed by atoms with E-state index in [2.05, 4.69) is 31.6 Å². The fourth-order valence-electron chi connectivity index (χ4n) is 3.51. The third kappa shape index (κ3) is 6.53. The minimum atomic E-state index is 0.317. The van der Waals surface area contributed by atoms with E-state index in [1.807, 2.05) is 37.5 Å². The second kappa shape index (κ2) is 10.7. The van der Waals surface area contributed by atoms with Gasteiger partial charge in [0.25, 0.3) is 0 Å². The number of phenols is 1. The Morgan fingerprint density at radius 3 is 2.64 bits per heavy atom. The number of rotatable bonds is 7. The fourth-order valence-corrected chi connectivity index (χ4v) is 3.51. The molecule has 1 aliphatic heterocycles. The zero-order chi connectivity index (χ0) is 19.6. The molecular weight excluding hydrogens is 350 g/mol. The van der Waals surface area contributed by atoms with Crippen molar-refractivity contribution >= 4 is 5.96 Å². The Balaban J connectivity index is 1.33. The van der Waals surface area contributed by atoms with Crippen molar-refractivity contribution in [1.82, 2.24) is 20.5 Å². The first kappa shape index (κ1) is 20.1. The number of benzene rings is 1. The van der Waals surface area contributed by atoms with Crippen LogP contribution in [0.15, 0.2) is 53.7 Å². The predicted molar refractivity (Wildman–Crippen MR) is 113 cm³/mol. The third-order valence-electron chi connectivity index (χ3n) is 5.13. The van der Waals surface area contributed by atoms with Gasteiger partial charge in [-0.3, -0.25) is 14.9 Å². The second-order valence-electron chi connectivity index (χ2n) is 7.28. The maximum Gasteiger partial charge on any atom is 0.191 e. The summed E-state index contributed by atoms with van der Waals surface area (Å²) in [5.74, 6) is 1.20. The SMILES string of the molecule is CN=C(NCCCc1ccc(O)cc1)NC1CCN(Cc2ccccn2)CC1. The highest BCUT2D eigenvalue weighted by Crippen LogP contribution is 2.13. The van der Waals surface area contributed by atoms with Crippen LogP contribution < -0.4 is 10.6 Å². The van der Waals surface area contributed by atoms with E-state index >= 15 is 0 Å². The zero-order valence-corrected chi connectivity index (χ0v) is 16.6. The Labute approximate surface area is 167 Å². The van der Waals surface area contributed by atoms with Crippen LogP contribution in [0.5, 0.6) is 5.75 Å². The van der Waals surface area contributed by atoms with Crippen LogP contribution in [0.2, 0.25) is 0 Å². The van der Waals surface area contributed by atoms with Crippen molar-refractivity contribution in [3.63, 3.8) is 0 Å². The summed E-state index contributed by atoms with van der Waals surface area (Å²) in [6, 6.07) is 14.0. The summed E-state index contributed by atoms with van der Waals surface area (Å²) in [5.41, 5.74) is 2.38. The van der Waals surface area contributed by atoms with Gasteiger partial charge in [-0.1, -0.05) is 18.2 Å². The number of phenolic OH excluding ortho intramolecular Hbond substituents is 1. The lowest BCUT2D eigenvalue weighted by atomic mass is 10.0. The minimum Gasteiger partial charge on any atom is -0.508 e. The van der Waals surface area contributed by atoms with Crippen molar-refractivity contribution in [3.8, 4) is 5.75 Å². The number of likely N-dealkylation sites (tertiary alicyclic amines) is 1. The number of aromatic hydroxyl groups is 1. The number of guanidine groups is 1. The van der Waals surface area contributed by atoms with Gasteiger partial charge in [0.05, 0.1) is 5.69 Å². The second-order valence-corrected chi connectivity index (χ2v) is 7.28. The van der Waals surface area contributed by atoms with E-state index in [9.17, 15) is 5.11 Å². The van der Waals surface area contributed by atoms with E-state index in [-0.39, 0.29) is 0 Å². The minimum absolute atomic E-state index is 0.317. The molecule has 0 unspecified atom stereocenters. The van der Waals surface area contributed by atoms with E-state index < -0.39 is 0 Å². The third-order valence-corrected chi connectivity index (χ3v) is 5.13. The molecule has 1 aliphatic rings. The lowest BCUT2D eigenvalue weighted by molar-refractivity contribution is 0.196. The summed E-state index contributed by atoms with van der Waals surface area (Å²) in [6.07, 6.45) is 6.09. The van der Waals surface area contributed by atoms with E-state index in [1.54, 1.807) is 12.1 Å². The first-order valence-electron chi connectivity index (χ1n) is 10.1. The molecule has 1 saturated heterocycles. The molecule has 6 nitrogen and oxygen atoms in total. The summed E-state index contributed by atoms with van der Waals surface area (Å²) in [4.78, 5) is 11.3. The van der Waals surface area contributed by atoms with Gasteiger partial charge in [0, 0.05) is 45.5 Å². The van der Waals surface area contributed by atoms with Crippen molar-refractivity contribution in [2.45, 2.75) is 38.3 Å². The molecule has 6 heteroatoms. The van der Waals surface area contributed by atoms with Crippen LogP contribution in [0, 0.1) is 0 Å². The number of aliphatic imine (C=N–C) groups is 1. The highest BCUT2D eigenvalue weighted by atomic mass is 16.3. The molecule has 0 atom stereocenters. The van der Waals surface area contributed by atoms with Gasteiger partial charge in [0.15, 0.2) is 5.96 Å². The molecule has 0 radical (unpaired) electrons. The van der Waals surface area contributed by atoms with Crippen molar-refractivity contribution in [2.24, 2.45) is 4.99 Å². The number of aryl methyl sites for hydroxylation is 1. The molecule has 0 aliphatic carbocycles. The average molecular weight is 382 g/mol. The summed E-state index contributed by atoms with van der Waals surface area (Å²) in [6.45, 7) is 3.95. The smallest absolute Gasteiger partial charge is 0.191 e. The van der Waals surface area contributed by atoms with Gasteiger partial charge in [-0.2, -0.15) is 0 Å². The summed E-state index contributed by atoms with van der Waals surface area (Å²) >= 11 is 0. The van der Waals surface area contributed by atoms with E-state index in [4.69, 9.17) is 0 Å². The molecule has 3 N–H and O–H groups in total. The Hall–Kier alpha value is -2.60. The molecule has 0 bridgehead atoms. The molecule has 0 amide bonds. The number of pyridine rings is 1. The van der Waals surface area contributed by atoms with Crippen molar-refractivity contribution in [3.05, 3.63) is 59.9 Å². The van der Waals surface area contributed by atoms with Crippen LogP contribution >= 0.6 is 0 Å². The van der Waals surface area contributed by atoms with Gasteiger partial charge in [-0.15, -0.1) is 0 Å². The lowest BCUT2D eigenvalue weighted by Gasteiger charge is -2.32. The van der Waals surface area contributed by atoms with E-state index in [0.29, 0.717) is 11.8 Å². The van der Waals surface area contributed by atoms with Crippen LogP contribution in [-0.4, -0.2) is 53.7 Å². The van der Waals surface area contributed by atoms with Gasteiger partial charge >= 0.3 is 0 Å². The zero-order valence-electron chi connectivity index (χ0n) is 16.6. The Morgan fingerprint density at radius 1 is 1.18 bits per heavy atom. The highest BCUT2D eigenvalue weighted by Gasteiger charge is 2.20. The van der Waals surface area contributed by atoms with Crippen LogP contribution in [0.1, 0.15) is 30.5 Å². The quantitative estimate of drug-likeness (QED) is 0.391. The molecule has 3 rings (SSSR count). The highest BCUT2D eigenvalue weighted by molar-refractivity contribution is 5.79. The monoisotopic (exact) mass is 381 g/mol. The number of nitrogens with zero attached hydrogens (tertiary/aromatic N) is 3. The number of aromatic nitrogens is 1. The van der Waals surface area contributed by atoms with Crippen molar-refractivity contribution < 1.29 is 5.11 Å². The van der Waals surface area contributed by atoms with Crippen LogP contribution in [-0.2, 0) is 13.0 Å². The molecular formula is C22H31N5O.